The first-order valence-electron chi connectivity index (χ1n) is 9.35. The van der Waals surface area contributed by atoms with Gasteiger partial charge in [-0.25, -0.2) is 9.69 Å². The molecular formula is C22H23NO4. The maximum atomic E-state index is 13.1. The number of anilines is 1. The highest BCUT2D eigenvalue weighted by Crippen LogP contribution is 2.57. The van der Waals surface area contributed by atoms with Gasteiger partial charge >= 0.3 is 5.97 Å². The first-order valence-corrected chi connectivity index (χ1v) is 9.35. The number of allylic oxidation sites excluding steroid dienone is 4. The van der Waals surface area contributed by atoms with Crippen molar-refractivity contribution in [2.24, 2.45) is 23.7 Å². The number of amides is 2. The van der Waals surface area contributed by atoms with Gasteiger partial charge in [0.1, 0.15) is 0 Å². The molecule has 2 amide bonds. The highest BCUT2D eigenvalue weighted by Gasteiger charge is 2.61. The first-order chi connectivity index (χ1) is 12.8. The second-order valence-electron chi connectivity index (χ2n) is 7.96. The molecule has 1 aliphatic heterocycles. The van der Waals surface area contributed by atoms with Crippen molar-refractivity contribution in [3.8, 4) is 0 Å². The normalized spacial score (nSPS) is 28.3. The van der Waals surface area contributed by atoms with E-state index in [1.807, 2.05) is 13.8 Å². The van der Waals surface area contributed by atoms with Gasteiger partial charge in [-0.05, 0) is 45.9 Å². The van der Waals surface area contributed by atoms with E-state index in [1.165, 1.54) is 16.0 Å². The molecular weight excluding hydrogens is 342 g/mol. The van der Waals surface area contributed by atoms with E-state index >= 15 is 0 Å². The van der Waals surface area contributed by atoms with Gasteiger partial charge < -0.3 is 4.74 Å². The van der Waals surface area contributed by atoms with Gasteiger partial charge in [-0.3, -0.25) is 9.59 Å². The van der Waals surface area contributed by atoms with Crippen molar-refractivity contribution in [3.05, 3.63) is 53.1 Å². The van der Waals surface area contributed by atoms with Crippen LogP contribution in [0.4, 0.5) is 5.69 Å². The SMILES string of the molecule is CC(C)=C1[C@H]2C=C[C@H]1[C@H]1C(=O)N(c3cccc(C(=O)OC(C)C)c3)C(=O)[C@H]12. The third kappa shape index (κ3) is 2.56. The number of hydrogen-bond donors (Lipinski definition) is 0. The first kappa shape index (κ1) is 17.7. The molecule has 5 heteroatoms. The van der Waals surface area contributed by atoms with Gasteiger partial charge in [0.15, 0.2) is 0 Å². The van der Waals surface area contributed by atoms with Crippen molar-refractivity contribution in [1.29, 1.82) is 0 Å². The molecule has 1 aromatic rings. The molecule has 3 aliphatic rings. The van der Waals surface area contributed by atoms with Gasteiger partial charge in [0.2, 0.25) is 11.8 Å². The Balaban J connectivity index is 1.67. The number of nitrogens with zero attached hydrogens (tertiary/aromatic N) is 1. The van der Waals surface area contributed by atoms with E-state index in [0.29, 0.717) is 11.3 Å². The Morgan fingerprint density at radius 1 is 1.04 bits per heavy atom. The van der Waals surface area contributed by atoms with E-state index in [-0.39, 0.29) is 41.6 Å². The average molecular weight is 365 g/mol. The summed E-state index contributed by atoms with van der Waals surface area (Å²) in [7, 11) is 0. The summed E-state index contributed by atoms with van der Waals surface area (Å²) in [4.78, 5) is 39.7. The van der Waals surface area contributed by atoms with Gasteiger partial charge in [-0.2, -0.15) is 0 Å². The maximum Gasteiger partial charge on any atom is 0.338 e. The number of carbonyl (C=O) groups excluding carboxylic acids is 3. The van der Waals surface area contributed by atoms with Crippen LogP contribution >= 0.6 is 0 Å². The number of ether oxygens (including phenoxy) is 1. The monoisotopic (exact) mass is 365 g/mol. The third-order valence-electron chi connectivity index (χ3n) is 5.68. The summed E-state index contributed by atoms with van der Waals surface area (Å²) in [6.07, 6.45) is 3.90. The molecule has 4 atom stereocenters. The molecule has 0 aromatic heterocycles. The zero-order valence-electron chi connectivity index (χ0n) is 15.9. The summed E-state index contributed by atoms with van der Waals surface area (Å²) >= 11 is 0. The molecule has 1 aromatic carbocycles. The molecule has 2 aliphatic carbocycles. The molecule has 1 heterocycles. The molecule has 0 unspecified atom stereocenters. The van der Waals surface area contributed by atoms with Crippen molar-refractivity contribution in [1.82, 2.24) is 0 Å². The molecule has 2 fully saturated rings. The molecule has 4 rings (SSSR count). The van der Waals surface area contributed by atoms with Crippen LogP contribution in [0.2, 0.25) is 0 Å². The minimum atomic E-state index is -0.459. The molecule has 0 radical (unpaired) electrons. The van der Waals surface area contributed by atoms with Crippen LogP contribution in [0.25, 0.3) is 0 Å². The van der Waals surface area contributed by atoms with Crippen LogP contribution in [0.5, 0.6) is 0 Å². The lowest BCUT2D eigenvalue weighted by Gasteiger charge is -2.20. The van der Waals surface area contributed by atoms with E-state index in [0.717, 1.165) is 0 Å². The Bertz CT molecular complexity index is 873. The fourth-order valence-electron chi connectivity index (χ4n) is 4.74. The van der Waals surface area contributed by atoms with Gasteiger partial charge in [0, 0.05) is 11.8 Å². The van der Waals surface area contributed by atoms with E-state index in [9.17, 15) is 14.4 Å². The van der Waals surface area contributed by atoms with Gasteiger partial charge in [-0.15, -0.1) is 0 Å². The second kappa shape index (κ2) is 6.19. The summed E-state index contributed by atoms with van der Waals surface area (Å²) in [5, 5.41) is 0. The number of hydrogen-bond acceptors (Lipinski definition) is 4. The zero-order valence-corrected chi connectivity index (χ0v) is 15.9. The van der Waals surface area contributed by atoms with E-state index in [4.69, 9.17) is 4.74 Å². The molecule has 1 saturated carbocycles. The summed E-state index contributed by atoms with van der Waals surface area (Å²) in [5.41, 5.74) is 3.19. The van der Waals surface area contributed by atoms with Crippen LogP contribution in [-0.4, -0.2) is 23.9 Å². The van der Waals surface area contributed by atoms with Crippen LogP contribution in [0.1, 0.15) is 38.1 Å². The molecule has 27 heavy (non-hydrogen) atoms. The van der Waals surface area contributed by atoms with Crippen molar-refractivity contribution in [3.63, 3.8) is 0 Å². The number of carbonyl (C=O) groups is 3. The molecule has 140 valence electrons. The van der Waals surface area contributed by atoms with E-state index in [1.54, 1.807) is 38.1 Å². The lowest BCUT2D eigenvalue weighted by atomic mass is 9.85. The minimum Gasteiger partial charge on any atom is -0.459 e. The average Bonchev–Trinajstić information content (AvgIpc) is 3.24. The van der Waals surface area contributed by atoms with Crippen molar-refractivity contribution >= 4 is 23.5 Å². The molecule has 5 nitrogen and oxygen atoms in total. The van der Waals surface area contributed by atoms with E-state index < -0.39 is 5.97 Å². The molecule has 1 saturated heterocycles. The lowest BCUT2D eigenvalue weighted by Crippen LogP contribution is -2.33. The standard InChI is InChI=1S/C22H23NO4/c1-11(2)17-15-8-9-16(17)19-18(15)20(24)23(21(19)25)14-7-5-6-13(10-14)22(26)27-12(3)4/h5-10,12,15-16,18-19H,1-4H3/t15-,16-,18-,19+/m1/s1. The van der Waals surface area contributed by atoms with Gasteiger partial charge in [-0.1, -0.05) is 29.4 Å². The predicted molar refractivity (Wildman–Crippen MR) is 101 cm³/mol. The van der Waals surface area contributed by atoms with Crippen LogP contribution in [0, 0.1) is 23.7 Å². The number of fused-ring (bicyclic) bond motifs is 5. The smallest absolute Gasteiger partial charge is 0.338 e. The third-order valence-corrected chi connectivity index (χ3v) is 5.68. The largest absolute Gasteiger partial charge is 0.459 e. The predicted octanol–water partition coefficient (Wildman–Crippen LogP) is 3.51. The van der Waals surface area contributed by atoms with Crippen molar-refractivity contribution < 1.29 is 19.1 Å². The number of benzene rings is 1. The highest BCUT2D eigenvalue weighted by atomic mass is 16.5. The number of esters is 1. The number of imide groups is 1. The zero-order chi connectivity index (χ0) is 19.5. The summed E-state index contributed by atoms with van der Waals surface area (Å²) in [5.74, 6) is -1.43. The quantitative estimate of drug-likeness (QED) is 0.467. The van der Waals surface area contributed by atoms with Crippen LogP contribution in [-0.2, 0) is 14.3 Å². The van der Waals surface area contributed by atoms with Crippen molar-refractivity contribution in [2.45, 2.75) is 33.8 Å². The molecule has 0 N–H and O–H groups in total. The second-order valence-corrected chi connectivity index (χ2v) is 7.96. The molecule has 0 spiro atoms. The maximum absolute atomic E-state index is 13.1. The number of rotatable bonds is 3. The van der Waals surface area contributed by atoms with Crippen LogP contribution in [0.15, 0.2) is 47.6 Å². The Morgan fingerprint density at radius 3 is 2.15 bits per heavy atom. The fraction of sp³-hybridized carbons (Fsp3) is 0.409. The Labute approximate surface area is 158 Å². The fourth-order valence-corrected chi connectivity index (χ4v) is 4.74. The molecule has 2 bridgehead atoms. The summed E-state index contributed by atoms with van der Waals surface area (Å²) < 4.78 is 5.22. The topological polar surface area (TPSA) is 63.7 Å². The Hall–Kier alpha value is -2.69. The lowest BCUT2D eigenvalue weighted by molar-refractivity contribution is -0.122. The Morgan fingerprint density at radius 2 is 1.63 bits per heavy atom. The summed E-state index contributed by atoms with van der Waals surface area (Å²) in [6.45, 7) is 7.64. The summed E-state index contributed by atoms with van der Waals surface area (Å²) in [6, 6.07) is 6.57. The van der Waals surface area contributed by atoms with Crippen molar-refractivity contribution in [2.75, 3.05) is 4.90 Å². The Kier molecular flexibility index (Phi) is 4.06. The van der Waals surface area contributed by atoms with Crippen LogP contribution in [0.3, 0.4) is 0 Å². The van der Waals surface area contributed by atoms with Gasteiger partial charge in [0.25, 0.3) is 0 Å². The van der Waals surface area contributed by atoms with Crippen LogP contribution < -0.4 is 4.90 Å². The van der Waals surface area contributed by atoms with Gasteiger partial charge in [0.05, 0.1) is 29.2 Å². The minimum absolute atomic E-state index is 0.0144. The van der Waals surface area contributed by atoms with E-state index in [2.05, 4.69) is 12.2 Å². The highest BCUT2D eigenvalue weighted by molar-refractivity contribution is 6.23.